The van der Waals surface area contributed by atoms with E-state index in [1.54, 1.807) is 0 Å². The van der Waals surface area contributed by atoms with Gasteiger partial charge in [0, 0.05) is 30.3 Å². The highest BCUT2D eigenvalue weighted by Gasteiger charge is 2.58. The Morgan fingerprint density at radius 3 is 2.52 bits per heavy atom. The van der Waals surface area contributed by atoms with Crippen molar-refractivity contribution in [1.29, 1.82) is 0 Å². The number of carbonyl (C=O) groups excluding carboxylic acids is 1. The quantitative estimate of drug-likeness (QED) is 0.731. The van der Waals surface area contributed by atoms with Crippen molar-refractivity contribution in [1.82, 2.24) is 5.32 Å². The molecule has 0 heterocycles. The molecule has 3 unspecified atom stereocenters. The van der Waals surface area contributed by atoms with Gasteiger partial charge in [0.05, 0.1) is 0 Å². The normalized spacial score (nSPS) is 36.4. The van der Waals surface area contributed by atoms with E-state index in [9.17, 15) is 4.79 Å². The van der Waals surface area contributed by atoms with E-state index in [4.69, 9.17) is 5.73 Å². The molecular formula is C24H34F2N2O. The molecule has 1 amide bonds. The minimum Gasteiger partial charge on any atom is -0.353 e. The number of nitrogens with two attached hydrogens (primary N) is 1. The van der Waals surface area contributed by atoms with Crippen molar-refractivity contribution in [3.8, 4) is 0 Å². The van der Waals surface area contributed by atoms with Crippen LogP contribution in [0.3, 0.4) is 0 Å². The highest BCUT2D eigenvalue weighted by molar-refractivity contribution is 5.76. The molecule has 3 aliphatic rings. The van der Waals surface area contributed by atoms with Gasteiger partial charge in [0.25, 0.3) is 5.92 Å². The second-order valence-corrected chi connectivity index (χ2v) is 9.73. The molecule has 1 aromatic rings. The Hall–Kier alpha value is -1.49. The fourth-order valence-electron chi connectivity index (χ4n) is 6.15. The van der Waals surface area contributed by atoms with E-state index in [1.165, 1.54) is 5.56 Å². The number of benzene rings is 1. The monoisotopic (exact) mass is 404 g/mol. The lowest BCUT2D eigenvalue weighted by Gasteiger charge is -2.52. The zero-order valence-electron chi connectivity index (χ0n) is 17.2. The van der Waals surface area contributed by atoms with Gasteiger partial charge >= 0.3 is 0 Å². The summed E-state index contributed by atoms with van der Waals surface area (Å²) < 4.78 is 30.5. The predicted molar refractivity (Wildman–Crippen MR) is 111 cm³/mol. The molecule has 3 nitrogen and oxygen atoms in total. The van der Waals surface area contributed by atoms with Gasteiger partial charge in [-0.15, -0.1) is 0 Å². The molecule has 2 bridgehead atoms. The molecule has 3 fully saturated rings. The van der Waals surface area contributed by atoms with Gasteiger partial charge in [-0.3, -0.25) is 4.79 Å². The van der Waals surface area contributed by atoms with Crippen LogP contribution in [-0.2, 0) is 10.2 Å². The van der Waals surface area contributed by atoms with Crippen LogP contribution in [0.15, 0.2) is 30.3 Å². The summed E-state index contributed by atoms with van der Waals surface area (Å²) in [4.78, 5) is 12.5. The third kappa shape index (κ3) is 4.35. The van der Waals surface area contributed by atoms with Crippen molar-refractivity contribution in [3.05, 3.63) is 35.9 Å². The zero-order chi connectivity index (χ0) is 20.5. The number of amides is 1. The number of fused-ring (bicyclic) bond motifs is 2. The average molecular weight is 405 g/mol. The van der Waals surface area contributed by atoms with Gasteiger partial charge in [0.15, 0.2) is 0 Å². The van der Waals surface area contributed by atoms with Crippen molar-refractivity contribution in [2.75, 3.05) is 0 Å². The predicted octanol–water partition coefficient (Wildman–Crippen LogP) is 4.94. The molecule has 0 aromatic heterocycles. The van der Waals surface area contributed by atoms with E-state index < -0.39 is 17.8 Å². The molecule has 0 spiro atoms. The van der Waals surface area contributed by atoms with Gasteiger partial charge in [-0.05, 0) is 68.8 Å². The molecular weight excluding hydrogens is 370 g/mol. The molecule has 4 rings (SSSR count). The highest BCUT2D eigenvalue weighted by atomic mass is 19.3. The summed E-state index contributed by atoms with van der Waals surface area (Å²) in [6.07, 6.45) is 7.63. The standard InChI is InChI=1S/C24H34F2N2O/c25-24(26)18-7-4-14-23(15-18,17-5-2-1-3-6-17)16-19(24)8-13-22(29)28-21-11-9-20(27)10-12-21/h1-3,5-6,18-21H,4,7-16,27H2,(H,28,29). The van der Waals surface area contributed by atoms with Gasteiger partial charge in [-0.25, -0.2) is 8.78 Å². The molecule has 0 radical (unpaired) electrons. The topological polar surface area (TPSA) is 55.1 Å². The van der Waals surface area contributed by atoms with Crippen molar-refractivity contribution < 1.29 is 13.6 Å². The molecule has 3 atom stereocenters. The lowest BCUT2D eigenvalue weighted by Crippen LogP contribution is -2.52. The Morgan fingerprint density at radius 1 is 1.07 bits per heavy atom. The SMILES string of the molecule is NC1CCC(NC(=O)CCC2CC3(c4ccccc4)CCCC(C3)C2(F)F)CC1. The third-order valence-corrected chi connectivity index (χ3v) is 7.81. The summed E-state index contributed by atoms with van der Waals surface area (Å²) >= 11 is 0. The summed E-state index contributed by atoms with van der Waals surface area (Å²) in [6.45, 7) is 0. The second kappa shape index (κ2) is 8.33. The fraction of sp³-hybridized carbons (Fsp3) is 0.708. The Bertz CT molecular complexity index is 702. The Kier molecular flexibility index (Phi) is 5.97. The van der Waals surface area contributed by atoms with Gasteiger partial charge < -0.3 is 11.1 Å². The van der Waals surface area contributed by atoms with Crippen LogP contribution in [0, 0.1) is 11.8 Å². The fourth-order valence-corrected chi connectivity index (χ4v) is 6.15. The summed E-state index contributed by atoms with van der Waals surface area (Å²) in [5, 5.41) is 3.06. The Balaban J connectivity index is 1.41. The lowest BCUT2D eigenvalue weighted by molar-refractivity contribution is -0.166. The number of halogens is 2. The molecule has 3 aliphatic carbocycles. The smallest absolute Gasteiger partial charge is 0.253 e. The number of alkyl halides is 2. The number of rotatable bonds is 5. The van der Waals surface area contributed by atoms with Gasteiger partial charge in [0.2, 0.25) is 5.91 Å². The molecule has 0 saturated heterocycles. The van der Waals surface area contributed by atoms with E-state index in [0.29, 0.717) is 19.3 Å². The minimum atomic E-state index is -2.67. The Morgan fingerprint density at radius 2 is 1.79 bits per heavy atom. The third-order valence-electron chi connectivity index (χ3n) is 7.81. The highest BCUT2D eigenvalue weighted by Crippen LogP contribution is 2.58. The molecule has 1 aromatic carbocycles. The van der Waals surface area contributed by atoms with Crippen molar-refractivity contribution in [3.63, 3.8) is 0 Å². The van der Waals surface area contributed by atoms with Crippen LogP contribution in [0.4, 0.5) is 8.78 Å². The summed E-state index contributed by atoms with van der Waals surface area (Å²) in [5.41, 5.74) is 6.98. The van der Waals surface area contributed by atoms with Crippen LogP contribution in [0.2, 0.25) is 0 Å². The summed E-state index contributed by atoms with van der Waals surface area (Å²) in [5.74, 6) is -4.02. The maximum Gasteiger partial charge on any atom is 0.253 e. The van der Waals surface area contributed by atoms with E-state index in [1.807, 2.05) is 18.2 Å². The number of carbonyl (C=O) groups is 1. The van der Waals surface area contributed by atoms with Crippen LogP contribution < -0.4 is 11.1 Å². The van der Waals surface area contributed by atoms with Crippen LogP contribution in [0.1, 0.15) is 76.2 Å². The van der Waals surface area contributed by atoms with Gasteiger partial charge in [0.1, 0.15) is 0 Å². The largest absolute Gasteiger partial charge is 0.353 e. The first kappa shape index (κ1) is 20.8. The maximum atomic E-state index is 15.2. The minimum absolute atomic E-state index is 0.0780. The number of nitrogens with one attached hydrogen (secondary N) is 1. The van der Waals surface area contributed by atoms with E-state index in [-0.39, 0.29) is 36.2 Å². The molecule has 3 N–H and O–H groups in total. The average Bonchev–Trinajstić information content (AvgIpc) is 2.73. The van der Waals surface area contributed by atoms with E-state index >= 15 is 8.78 Å². The molecule has 5 heteroatoms. The van der Waals surface area contributed by atoms with Crippen LogP contribution in [0.5, 0.6) is 0 Å². The Labute approximate surface area is 172 Å². The molecule has 29 heavy (non-hydrogen) atoms. The second-order valence-electron chi connectivity index (χ2n) is 9.73. The van der Waals surface area contributed by atoms with E-state index in [0.717, 1.165) is 38.5 Å². The van der Waals surface area contributed by atoms with Gasteiger partial charge in [-0.1, -0.05) is 36.8 Å². The zero-order valence-corrected chi connectivity index (χ0v) is 17.2. The maximum absolute atomic E-state index is 15.2. The first-order valence-corrected chi connectivity index (χ1v) is 11.4. The molecule has 3 saturated carbocycles. The van der Waals surface area contributed by atoms with Crippen molar-refractivity contribution in [2.24, 2.45) is 17.6 Å². The first-order chi connectivity index (χ1) is 13.9. The van der Waals surface area contributed by atoms with Gasteiger partial charge in [-0.2, -0.15) is 0 Å². The molecule has 160 valence electrons. The summed E-state index contributed by atoms with van der Waals surface area (Å²) in [6, 6.07) is 10.6. The van der Waals surface area contributed by atoms with E-state index in [2.05, 4.69) is 17.4 Å². The van der Waals surface area contributed by atoms with Crippen LogP contribution >= 0.6 is 0 Å². The molecule has 0 aliphatic heterocycles. The van der Waals surface area contributed by atoms with Crippen LogP contribution in [0.25, 0.3) is 0 Å². The number of hydrogen-bond acceptors (Lipinski definition) is 2. The lowest BCUT2D eigenvalue weighted by atomic mass is 9.54. The summed E-state index contributed by atoms with van der Waals surface area (Å²) in [7, 11) is 0. The van der Waals surface area contributed by atoms with Crippen molar-refractivity contribution in [2.45, 2.75) is 94.1 Å². The number of hydrogen-bond donors (Lipinski definition) is 2. The first-order valence-electron chi connectivity index (χ1n) is 11.4. The van der Waals surface area contributed by atoms with Crippen LogP contribution in [-0.4, -0.2) is 23.9 Å². The van der Waals surface area contributed by atoms with Crippen molar-refractivity contribution >= 4 is 5.91 Å².